The molecule has 0 radical (unpaired) electrons. The minimum atomic E-state index is -3.93. The maximum Gasteiger partial charge on any atom is 0.339 e. The minimum Gasteiger partial charge on any atom is -0.492 e. The Labute approximate surface area is 557 Å². The third-order valence-corrected chi connectivity index (χ3v) is 20.1. The van der Waals surface area contributed by atoms with Gasteiger partial charge in [-0.2, -0.15) is 8.61 Å². The molecule has 0 saturated carbocycles. The van der Waals surface area contributed by atoms with Crippen LogP contribution in [0.5, 0.6) is 17.2 Å². The Balaban J connectivity index is 0.000000211. The first-order valence-corrected chi connectivity index (χ1v) is 34.0. The smallest absolute Gasteiger partial charge is 0.339 e. The van der Waals surface area contributed by atoms with E-state index in [-0.39, 0.29) is 53.5 Å². The van der Waals surface area contributed by atoms with Gasteiger partial charge in [0.05, 0.1) is 16.9 Å². The molecular formula is C69H79N9O16S2. The van der Waals surface area contributed by atoms with Crippen molar-refractivity contribution in [2.75, 3.05) is 64.4 Å². The van der Waals surface area contributed by atoms with Gasteiger partial charge in [-0.05, 0) is 129 Å². The van der Waals surface area contributed by atoms with Crippen molar-refractivity contribution in [3.63, 3.8) is 0 Å². The van der Waals surface area contributed by atoms with E-state index in [9.17, 15) is 55.8 Å². The number of sulfonamides is 2. The Morgan fingerprint density at radius 1 is 0.562 bits per heavy atom. The number of carbonyl (C=O) groups excluding carboxylic acids is 3. The Morgan fingerprint density at radius 3 is 1.54 bits per heavy atom. The molecule has 7 N–H and O–H groups in total. The van der Waals surface area contributed by atoms with Crippen LogP contribution in [0.3, 0.4) is 0 Å². The second-order valence-corrected chi connectivity index (χ2v) is 26.9. The minimum absolute atomic E-state index is 0.000536. The molecule has 5 atom stereocenters. The van der Waals surface area contributed by atoms with Crippen LogP contribution in [0.4, 0.5) is 5.95 Å². The zero-order valence-electron chi connectivity index (χ0n) is 53.4. The first-order chi connectivity index (χ1) is 46.0. The highest BCUT2D eigenvalue weighted by Gasteiger charge is 2.42. The van der Waals surface area contributed by atoms with Crippen LogP contribution in [0, 0.1) is 13.8 Å². The number of nitrogens with zero attached hydrogens (tertiary/aromatic N) is 6. The number of esters is 1. The number of aliphatic carboxylic acids is 2. The van der Waals surface area contributed by atoms with E-state index in [1.54, 1.807) is 85.2 Å². The van der Waals surface area contributed by atoms with Crippen LogP contribution in [0.15, 0.2) is 180 Å². The number of nitrogens with two attached hydrogens (primary N) is 1. The first kappa shape index (κ1) is 72.2. The lowest BCUT2D eigenvalue weighted by Crippen LogP contribution is -2.51. The maximum absolute atomic E-state index is 13.3. The predicted octanol–water partition coefficient (Wildman–Crippen LogP) is 6.13. The number of benzene rings is 6. The standard InChI is InChI=1S/C32H40N6O6S.C28H28N2O8S.C9H11NO2/c1-24-6-12-27(13-7-24)45(41,42)38-16-3-5-29(38)30(39)35-28(31(40)43-2)23-25-8-10-26(11-9-25)44-22-21-36-17-19-37(20-18-36)32-33-14-4-15-34-32;1-18-8-14-21(15-9-18)39(36,37)30-16-4-6-24(30)26(31)29-23(28(34)35)17-19-10-12-20(13-11-19)38-25-7-3-2-5-22(25)27(32)33;10-8(9(11)12)6-7-4-2-1-3-5-7/h4,6-15,28-29H,3,5,16-23H2,1-2H3,(H,35,39);2-3,5,7-15,23-24H,4,6,16-17H2,1H3,(H,29,31)(H,32,33)(H,34,35);1-5,8H,6,10H2,(H,11,12)/t28-,29-;23-,24-;8-/m000/s1. The molecule has 3 saturated heterocycles. The van der Waals surface area contributed by atoms with Crippen LogP contribution in [0.25, 0.3) is 0 Å². The number of rotatable bonds is 25. The Morgan fingerprint density at radius 2 is 1.04 bits per heavy atom. The van der Waals surface area contributed by atoms with Crippen LogP contribution in [0.2, 0.25) is 0 Å². The SMILES string of the molecule is COC(=O)[C@H](Cc1ccc(OCCN2CCN(c3ncccn3)CC2)cc1)NC(=O)[C@@H]1CCCN1S(=O)(=O)c1ccc(C)cc1.Cc1ccc(S(=O)(=O)N2CCC[C@H]2C(=O)N[C@@H](Cc2ccc(Oc3ccccc3C(=O)O)cc2)C(=O)O)cc1.N[C@@H](Cc1ccccc1)C(=O)O. The summed E-state index contributed by atoms with van der Waals surface area (Å²) in [6.45, 7) is 8.96. The largest absolute Gasteiger partial charge is 0.492 e. The summed E-state index contributed by atoms with van der Waals surface area (Å²) in [5.74, 6) is -3.16. The van der Waals surface area contributed by atoms with Crippen LogP contribution >= 0.6 is 0 Å². The normalized spacial score (nSPS) is 16.8. The highest BCUT2D eigenvalue weighted by molar-refractivity contribution is 7.89. The topological polar surface area (TPSA) is 348 Å². The maximum atomic E-state index is 13.3. The summed E-state index contributed by atoms with van der Waals surface area (Å²) >= 11 is 0. The van der Waals surface area contributed by atoms with E-state index in [0.717, 1.165) is 65.2 Å². The van der Waals surface area contributed by atoms with Gasteiger partial charge in [0.25, 0.3) is 0 Å². The number of para-hydroxylation sites is 1. The molecule has 25 nitrogen and oxygen atoms in total. The fraction of sp³-hybridized carbons (Fsp3) is 0.333. The number of ether oxygens (including phenoxy) is 3. The fourth-order valence-corrected chi connectivity index (χ4v) is 14.3. The van der Waals surface area contributed by atoms with Crippen LogP contribution in [-0.2, 0) is 68.0 Å². The number of methoxy groups -OCH3 is 1. The van der Waals surface area contributed by atoms with Crippen molar-refractivity contribution in [1.29, 1.82) is 0 Å². The number of carbonyl (C=O) groups is 6. The molecule has 3 aliphatic rings. The third kappa shape index (κ3) is 20.0. The Bertz CT molecular complexity index is 3980. The zero-order chi connectivity index (χ0) is 68.9. The number of piperazine rings is 1. The lowest BCUT2D eigenvalue weighted by molar-refractivity contribution is -0.145. The molecule has 27 heteroatoms. The number of hydrogen-bond acceptors (Lipinski definition) is 18. The lowest BCUT2D eigenvalue weighted by Gasteiger charge is -2.34. The average molecular weight is 1350 g/mol. The number of hydrogen-bond donors (Lipinski definition) is 6. The predicted molar refractivity (Wildman–Crippen MR) is 355 cm³/mol. The van der Waals surface area contributed by atoms with E-state index in [2.05, 4.69) is 30.4 Å². The van der Waals surface area contributed by atoms with E-state index in [0.29, 0.717) is 49.4 Å². The van der Waals surface area contributed by atoms with Crippen molar-refractivity contribution >= 4 is 61.7 Å². The van der Waals surface area contributed by atoms with Gasteiger partial charge in [-0.25, -0.2) is 41.2 Å². The molecule has 3 aliphatic heterocycles. The van der Waals surface area contributed by atoms with Gasteiger partial charge < -0.3 is 50.8 Å². The number of aromatic carboxylic acids is 1. The fourth-order valence-electron chi connectivity index (χ4n) is 11.0. The Hall–Kier alpha value is -9.64. The molecule has 6 aromatic carbocycles. The molecule has 0 unspecified atom stereocenters. The molecule has 0 spiro atoms. The number of anilines is 1. The van der Waals surface area contributed by atoms with Gasteiger partial charge in [0.2, 0.25) is 37.8 Å². The van der Waals surface area contributed by atoms with Gasteiger partial charge in [-0.1, -0.05) is 102 Å². The second-order valence-electron chi connectivity index (χ2n) is 23.1. The molecule has 508 valence electrons. The van der Waals surface area contributed by atoms with Crippen molar-refractivity contribution in [2.45, 2.75) is 98.8 Å². The number of amides is 2. The summed E-state index contributed by atoms with van der Waals surface area (Å²) < 4.78 is 72.0. The summed E-state index contributed by atoms with van der Waals surface area (Å²) in [5, 5.41) is 32.8. The number of aromatic nitrogens is 2. The first-order valence-electron chi connectivity index (χ1n) is 31.2. The summed E-state index contributed by atoms with van der Waals surface area (Å²) in [6, 6.07) is 39.0. The van der Waals surface area contributed by atoms with Gasteiger partial charge in [-0.15, -0.1) is 0 Å². The molecule has 2 amide bonds. The molecule has 4 heterocycles. The molecule has 3 fully saturated rings. The van der Waals surface area contributed by atoms with Gasteiger partial charge in [0.1, 0.15) is 59.6 Å². The van der Waals surface area contributed by atoms with E-state index in [1.165, 1.54) is 35.7 Å². The van der Waals surface area contributed by atoms with E-state index in [1.807, 2.05) is 74.5 Å². The van der Waals surface area contributed by atoms with Gasteiger partial charge in [0, 0.05) is 71.0 Å². The second kappa shape index (κ2) is 34.2. The highest BCUT2D eigenvalue weighted by atomic mass is 32.2. The number of carboxylic acids is 3. The van der Waals surface area contributed by atoms with E-state index < -0.39 is 85.9 Å². The lowest BCUT2D eigenvalue weighted by atomic mass is 10.0. The van der Waals surface area contributed by atoms with Crippen molar-refractivity contribution in [3.8, 4) is 17.2 Å². The number of carboxylic acid groups (broad SMARTS) is 3. The number of aryl methyl sites for hydroxylation is 2. The van der Waals surface area contributed by atoms with Crippen LogP contribution in [0.1, 0.15) is 63.9 Å². The molecule has 1 aromatic heterocycles. The quantitative estimate of drug-likeness (QED) is 0.0350. The summed E-state index contributed by atoms with van der Waals surface area (Å²) in [5.41, 5.74) is 9.52. The summed E-state index contributed by atoms with van der Waals surface area (Å²) in [7, 11) is -6.54. The van der Waals surface area contributed by atoms with Gasteiger partial charge in [0.15, 0.2) is 0 Å². The molecule has 96 heavy (non-hydrogen) atoms. The zero-order valence-corrected chi connectivity index (χ0v) is 55.0. The van der Waals surface area contributed by atoms with Crippen molar-refractivity contribution in [2.24, 2.45) is 5.73 Å². The van der Waals surface area contributed by atoms with Crippen molar-refractivity contribution in [3.05, 3.63) is 203 Å². The van der Waals surface area contributed by atoms with Crippen molar-refractivity contribution < 1.29 is 75.1 Å². The van der Waals surface area contributed by atoms with Crippen LogP contribution in [-0.4, -0.2) is 181 Å². The monoisotopic (exact) mass is 1350 g/mol. The van der Waals surface area contributed by atoms with E-state index in [4.69, 9.17) is 25.1 Å². The molecular weight excluding hydrogens is 1270 g/mol. The van der Waals surface area contributed by atoms with Crippen molar-refractivity contribution in [1.82, 2.24) is 34.1 Å². The van der Waals surface area contributed by atoms with Gasteiger partial charge in [-0.3, -0.25) is 19.3 Å². The van der Waals surface area contributed by atoms with Gasteiger partial charge >= 0.3 is 23.9 Å². The van der Waals surface area contributed by atoms with E-state index >= 15 is 0 Å². The molecule has 0 aliphatic carbocycles. The molecule has 7 aromatic rings. The molecule has 0 bridgehead atoms. The number of nitrogens with one attached hydrogen (secondary N) is 2. The Kier molecular flexibility index (Phi) is 25.7. The third-order valence-electron chi connectivity index (χ3n) is 16.3. The summed E-state index contributed by atoms with van der Waals surface area (Å²) in [6.07, 6.45) is 5.71. The highest BCUT2D eigenvalue weighted by Crippen LogP contribution is 2.30. The average Bonchev–Trinajstić information content (AvgIpc) is 1.66. The summed E-state index contributed by atoms with van der Waals surface area (Å²) in [4.78, 5) is 86.2. The molecule has 10 rings (SSSR count). The van der Waals surface area contributed by atoms with Crippen LogP contribution < -0.4 is 30.7 Å².